The molecular formula is C13H26. The Bertz CT molecular complexity index is 138. The molecule has 0 saturated carbocycles. The Balaban J connectivity index is 0. The molecule has 0 heterocycles. The van der Waals surface area contributed by atoms with Crippen LogP contribution in [0.2, 0.25) is 0 Å². The molecule has 13 heavy (non-hydrogen) atoms. The Morgan fingerprint density at radius 2 is 1.54 bits per heavy atom. The summed E-state index contributed by atoms with van der Waals surface area (Å²) in [5, 5.41) is 0. The third kappa shape index (κ3) is 7.83. The van der Waals surface area contributed by atoms with Gasteiger partial charge < -0.3 is 0 Å². The van der Waals surface area contributed by atoms with E-state index in [4.69, 9.17) is 0 Å². The Morgan fingerprint density at radius 1 is 1.00 bits per heavy atom. The van der Waals surface area contributed by atoms with Crippen LogP contribution in [0.1, 0.15) is 54.4 Å². The fourth-order valence-corrected chi connectivity index (χ4v) is 1.06. The normalized spacial score (nSPS) is 13.6. The maximum Gasteiger partial charge on any atom is -0.0222 e. The summed E-state index contributed by atoms with van der Waals surface area (Å²) in [6.07, 6.45) is 9.31. The second-order valence-corrected chi connectivity index (χ2v) is 2.84. The summed E-state index contributed by atoms with van der Waals surface area (Å²) >= 11 is 0. The number of hydrogen-bond acceptors (Lipinski definition) is 0. The van der Waals surface area contributed by atoms with Crippen molar-refractivity contribution in [2.24, 2.45) is 5.92 Å². The zero-order chi connectivity index (χ0) is 10.7. The Kier molecular flexibility index (Phi) is 13.2. The monoisotopic (exact) mass is 182 g/mol. The Morgan fingerprint density at radius 3 is 1.77 bits per heavy atom. The van der Waals surface area contributed by atoms with E-state index >= 15 is 0 Å². The molecule has 0 spiro atoms. The molecule has 1 aliphatic rings. The minimum Gasteiger partial charge on any atom is -0.0840 e. The van der Waals surface area contributed by atoms with Gasteiger partial charge in [-0.25, -0.2) is 0 Å². The molecule has 78 valence electrons. The summed E-state index contributed by atoms with van der Waals surface area (Å²) in [5.41, 5.74) is 1.50. The second kappa shape index (κ2) is 11.5. The highest BCUT2D eigenvalue weighted by molar-refractivity contribution is 5.23. The minimum absolute atomic E-state index is 0.710. The molecule has 0 atom stereocenters. The van der Waals surface area contributed by atoms with Crippen molar-refractivity contribution in [2.75, 3.05) is 0 Å². The third-order valence-electron chi connectivity index (χ3n) is 1.69. The van der Waals surface area contributed by atoms with Crippen molar-refractivity contribution in [3.8, 4) is 0 Å². The van der Waals surface area contributed by atoms with E-state index in [2.05, 4.69) is 32.1 Å². The van der Waals surface area contributed by atoms with E-state index in [0.717, 1.165) is 0 Å². The predicted molar refractivity (Wildman–Crippen MR) is 64.0 cm³/mol. The lowest BCUT2D eigenvalue weighted by Gasteiger charge is -2.08. The average molecular weight is 182 g/mol. The summed E-state index contributed by atoms with van der Waals surface area (Å²) in [7, 11) is 0. The zero-order valence-corrected chi connectivity index (χ0v) is 10.2. The molecule has 0 aromatic carbocycles. The first-order valence-electron chi connectivity index (χ1n) is 5.67. The van der Waals surface area contributed by atoms with Gasteiger partial charge in [-0.3, -0.25) is 0 Å². The van der Waals surface area contributed by atoms with E-state index in [1.807, 2.05) is 27.7 Å². The van der Waals surface area contributed by atoms with E-state index in [1.54, 1.807) is 0 Å². The van der Waals surface area contributed by atoms with E-state index in [1.165, 1.54) is 18.4 Å². The van der Waals surface area contributed by atoms with Gasteiger partial charge in [0.05, 0.1) is 0 Å². The lowest BCUT2D eigenvalue weighted by molar-refractivity contribution is 0.773. The van der Waals surface area contributed by atoms with Crippen molar-refractivity contribution >= 4 is 0 Å². The quantitative estimate of drug-likeness (QED) is 0.537. The highest BCUT2D eigenvalue weighted by Gasteiger charge is 1.99. The van der Waals surface area contributed by atoms with Crippen molar-refractivity contribution in [3.05, 3.63) is 23.8 Å². The first-order valence-corrected chi connectivity index (χ1v) is 5.67. The molecule has 0 radical (unpaired) electrons. The van der Waals surface area contributed by atoms with Gasteiger partial charge in [0, 0.05) is 0 Å². The Labute approximate surface area is 84.7 Å². The Hall–Kier alpha value is -0.520. The summed E-state index contributed by atoms with van der Waals surface area (Å²) < 4.78 is 0. The standard InChI is InChI=1S/C9H14.2C2H6/c1-8(2)9-6-4-3-5-7-9;2*1-2/h4,6-8H,3,5H2,1-2H3;2*1-2H3. The van der Waals surface area contributed by atoms with Crippen LogP contribution in [0.4, 0.5) is 0 Å². The highest BCUT2D eigenvalue weighted by Crippen LogP contribution is 2.16. The van der Waals surface area contributed by atoms with Crippen LogP contribution >= 0.6 is 0 Å². The molecule has 0 aromatic rings. The largest absolute Gasteiger partial charge is 0.0840 e. The minimum atomic E-state index is 0.710. The predicted octanol–water partition coefficient (Wildman–Crippen LogP) is 4.97. The molecule has 0 fully saturated rings. The fraction of sp³-hybridized carbons (Fsp3) is 0.692. The maximum absolute atomic E-state index is 2.34. The molecule has 0 amide bonds. The molecule has 0 bridgehead atoms. The lowest BCUT2D eigenvalue weighted by Crippen LogP contribution is -1.92. The van der Waals surface area contributed by atoms with E-state index in [-0.39, 0.29) is 0 Å². The van der Waals surface area contributed by atoms with Crippen molar-refractivity contribution in [3.63, 3.8) is 0 Å². The molecular weight excluding hydrogens is 156 g/mol. The lowest BCUT2D eigenvalue weighted by atomic mass is 9.97. The topological polar surface area (TPSA) is 0 Å². The van der Waals surface area contributed by atoms with Gasteiger partial charge in [0.2, 0.25) is 0 Å². The summed E-state index contributed by atoms with van der Waals surface area (Å²) in [6, 6.07) is 0. The van der Waals surface area contributed by atoms with E-state index in [9.17, 15) is 0 Å². The van der Waals surface area contributed by atoms with E-state index in [0.29, 0.717) is 5.92 Å². The van der Waals surface area contributed by atoms with Gasteiger partial charge in [-0.1, -0.05) is 59.8 Å². The summed E-state index contributed by atoms with van der Waals surface area (Å²) in [6.45, 7) is 12.5. The van der Waals surface area contributed by atoms with Gasteiger partial charge in [0.1, 0.15) is 0 Å². The molecule has 0 N–H and O–H groups in total. The van der Waals surface area contributed by atoms with Crippen LogP contribution in [-0.4, -0.2) is 0 Å². The smallest absolute Gasteiger partial charge is 0.0222 e. The van der Waals surface area contributed by atoms with Gasteiger partial charge in [0.25, 0.3) is 0 Å². The van der Waals surface area contributed by atoms with Crippen molar-refractivity contribution in [1.82, 2.24) is 0 Å². The van der Waals surface area contributed by atoms with Gasteiger partial charge >= 0.3 is 0 Å². The van der Waals surface area contributed by atoms with Crippen molar-refractivity contribution < 1.29 is 0 Å². The second-order valence-electron chi connectivity index (χ2n) is 2.84. The first kappa shape index (κ1) is 15.0. The highest BCUT2D eigenvalue weighted by atomic mass is 14.1. The maximum atomic E-state index is 2.34. The van der Waals surface area contributed by atoms with Crippen LogP contribution < -0.4 is 0 Å². The fourth-order valence-electron chi connectivity index (χ4n) is 1.06. The van der Waals surface area contributed by atoms with Crippen LogP contribution in [0.25, 0.3) is 0 Å². The number of hydrogen-bond donors (Lipinski definition) is 0. The van der Waals surface area contributed by atoms with Gasteiger partial charge in [-0.2, -0.15) is 0 Å². The number of rotatable bonds is 1. The van der Waals surface area contributed by atoms with Crippen LogP contribution in [-0.2, 0) is 0 Å². The molecule has 1 rings (SSSR count). The molecule has 1 aliphatic carbocycles. The number of allylic oxidation sites excluding steroid dienone is 4. The van der Waals surface area contributed by atoms with E-state index < -0.39 is 0 Å². The van der Waals surface area contributed by atoms with Crippen molar-refractivity contribution in [1.29, 1.82) is 0 Å². The first-order chi connectivity index (χ1) is 6.30. The molecule has 0 aliphatic heterocycles. The van der Waals surface area contributed by atoms with Crippen LogP contribution in [0.5, 0.6) is 0 Å². The summed E-state index contributed by atoms with van der Waals surface area (Å²) in [5.74, 6) is 0.710. The molecule has 0 nitrogen and oxygen atoms in total. The van der Waals surface area contributed by atoms with Crippen LogP contribution in [0, 0.1) is 5.92 Å². The van der Waals surface area contributed by atoms with Crippen molar-refractivity contribution in [2.45, 2.75) is 54.4 Å². The average Bonchev–Trinajstić information content (AvgIpc) is 2.25. The summed E-state index contributed by atoms with van der Waals surface area (Å²) in [4.78, 5) is 0. The van der Waals surface area contributed by atoms with Gasteiger partial charge in [-0.15, -0.1) is 0 Å². The molecule has 0 unspecified atom stereocenters. The zero-order valence-electron chi connectivity index (χ0n) is 10.2. The van der Waals surface area contributed by atoms with Crippen LogP contribution in [0.3, 0.4) is 0 Å². The molecule has 0 aromatic heterocycles. The molecule has 0 saturated heterocycles. The van der Waals surface area contributed by atoms with Crippen LogP contribution in [0.15, 0.2) is 23.8 Å². The van der Waals surface area contributed by atoms with Gasteiger partial charge in [-0.05, 0) is 24.3 Å². The van der Waals surface area contributed by atoms with Gasteiger partial charge in [0.15, 0.2) is 0 Å². The molecule has 0 heteroatoms. The third-order valence-corrected chi connectivity index (χ3v) is 1.69. The SMILES string of the molecule is CC.CC.CC(C)C1=CCCC=C1.